The average molecular weight is 273 g/mol. The van der Waals surface area contributed by atoms with E-state index in [9.17, 15) is 14.9 Å². The molecule has 1 heterocycles. The molecule has 0 bridgehead atoms. The van der Waals surface area contributed by atoms with Crippen molar-refractivity contribution in [3.63, 3.8) is 0 Å². The fourth-order valence-corrected chi connectivity index (χ4v) is 1.41. The third-order valence-electron chi connectivity index (χ3n) is 2.30. The first-order valence-corrected chi connectivity index (χ1v) is 5.19. The second-order valence-corrected chi connectivity index (χ2v) is 3.60. The van der Waals surface area contributed by atoms with Crippen LogP contribution in [0.4, 0.5) is 17.3 Å². The molecule has 1 aromatic heterocycles. The Bertz CT molecular complexity index is 731. The lowest BCUT2D eigenvalue weighted by molar-refractivity contribution is -0.384. The van der Waals surface area contributed by atoms with Gasteiger partial charge in [-0.2, -0.15) is 10.2 Å². The number of aromatic amines is 1. The number of rotatable bonds is 3. The van der Waals surface area contributed by atoms with Crippen LogP contribution in [0, 0.1) is 21.4 Å². The number of benzene rings is 1. The van der Waals surface area contributed by atoms with E-state index in [0.29, 0.717) is 0 Å². The molecule has 10 nitrogen and oxygen atoms in total. The lowest BCUT2D eigenvalue weighted by Crippen LogP contribution is -2.14. The van der Waals surface area contributed by atoms with Gasteiger partial charge in [0.05, 0.1) is 16.2 Å². The van der Waals surface area contributed by atoms with Crippen molar-refractivity contribution in [3.05, 3.63) is 39.7 Å². The van der Waals surface area contributed by atoms with Crippen molar-refractivity contribution in [2.24, 2.45) is 0 Å². The summed E-state index contributed by atoms with van der Waals surface area (Å²) in [4.78, 5) is 25.3. The molecule has 0 saturated carbocycles. The molecule has 20 heavy (non-hydrogen) atoms. The number of anilines is 2. The highest BCUT2D eigenvalue weighted by atomic mass is 16.6. The minimum atomic E-state index is -0.667. The van der Waals surface area contributed by atoms with Crippen LogP contribution in [0.5, 0.6) is 0 Å². The van der Waals surface area contributed by atoms with Crippen molar-refractivity contribution < 1.29 is 9.72 Å². The third-order valence-corrected chi connectivity index (χ3v) is 2.30. The van der Waals surface area contributed by atoms with Gasteiger partial charge in [-0.3, -0.25) is 20.0 Å². The summed E-state index contributed by atoms with van der Waals surface area (Å²) in [5.74, 6) is -0.899. The number of H-pyrrole nitrogens is 1. The Balaban J connectivity index is 2.28. The topological polar surface area (TPSA) is 164 Å². The van der Waals surface area contributed by atoms with Crippen LogP contribution >= 0.6 is 0 Å². The number of nitro benzene ring substituents is 1. The minimum absolute atomic E-state index is 0.0416. The number of nitrogens with one attached hydrogen (secondary N) is 2. The Morgan fingerprint density at radius 1 is 1.55 bits per heavy atom. The molecule has 2 aromatic rings. The van der Waals surface area contributed by atoms with E-state index in [0.717, 1.165) is 6.07 Å². The maximum absolute atomic E-state index is 11.8. The highest BCUT2D eigenvalue weighted by Gasteiger charge is 2.15. The minimum Gasteiger partial charge on any atom is -0.366 e. The van der Waals surface area contributed by atoms with Crippen LogP contribution in [0.3, 0.4) is 0 Å². The second kappa shape index (κ2) is 5.02. The first-order valence-electron chi connectivity index (χ1n) is 5.19. The summed E-state index contributed by atoms with van der Waals surface area (Å²) in [7, 11) is 0. The number of carbonyl (C=O) groups is 1. The molecule has 0 saturated heterocycles. The smallest absolute Gasteiger partial charge is 0.293 e. The number of nitrogen functional groups attached to an aromatic ring is 1. The summed E-state index contributed by atoms with van der Waals surface area (Å²) in [5.41, 5.74) is 5.09. The first kappa shape index (κ1) is 13.0. The number of nitro groups is 1. The molecule has 0 aliphatic rings. The zero-order chi connectivity index (χ0) is 14.7. The maximum atomic E-state index is 11.8. The van der Waals surface area contributed by atoms with Crippen LogP contribution in [-0.2, 0) is 0 Å². The Morgan fingerprint density at radius 3 is 2.85 bits per heavy atom. The van der Waals surface area contributed by atoms with E-state index in [2.05, 4.69) is 20.5 Å². The Kier molecular flexibility index (Phi) is 3.26. The number of carbonyl (C=O) groups excluding carboxylic acids is 1. The lowest BCUT2D eigenvalue weighted by atomic mass is 10.1. The van der Waals surface area contributed by atoms with Crippen molar-refractivity contribution in [3.8, 4) is 6.07 Å². The predicted molar refractivity (Wildman–Crippen MR) is 66.6 cm³/mol. The highest BCUT2D eigenvalue weighted by molar-refractivity contribution is 6.02. The van der Waals surface area contributed by atoms with E-state index in [1.807, 2.05) is 0 Å². The van der Waals surface area contributed by atoms with Crippen LogP contribution in [0.1, 0.15) is 16.2 Å². The molecule has 4 N–H and O–H groups in total. The fraction of sp³-hybridized carbons (Fsp3) is 0. The molecule has 0 fully saturated rings. The molecule has 10 heteroatoms. The SMILES string of the molecule is N#Cc1cc([N+](=O)[O-])ccc1NC(=O)c1nc(N)n[nH]1. The first-order chi connectivity index (χ1) is 9.51. The summed E-state index contributed by atoms with van der Waals surface area (Å²) < 4.78 is 0. The molecule has 1 aromatic carbocycles. The van der Waals surface area contributed by atoms with Gasteiger partial charge in [-0.1, -0.05) is 0 Å². The molecule has 0 aliphatic heterocycles. The van der Waals surface area contributed by atoms with Gasteiger partial charge in [-0.05, 0) is 6.07 Å². The normalized spacial score (nSPS) is 9.75. The van der Waals surface area contributed by atoms with Crippen molar-refractivity contribution >= 4 is 23.2 Å². The van der Waals surface area contributed by atoms with E-state index >= 15 is 0 Å². The second-order valence-electron chi connectivity index (χ2n) is 3.60. The molecular weight excluding hydrogens is 266 g/mol. The number of amides is 1. The van der Waals surface area contributed by atoms with Crippen molar-refractivity contribution in [1.82, 2.24) is 15.2 Å². The van der Waals surface area contributed by atoms with E-state index in [4.69, 9.17) is 11.0 Å². The van der Waals surface area contributed by atoms with Gasteiger partial charge < -0.3 is 11.1 Å². The zero-order valence-corrected chi connectivity index (χ0v) is 9.82. The Morgan fingerprint density at radius 2 is 2.30 bits per heavy atom. The average Bonchev–Trinajstić information content (AvgIpc) is 2.85. The molecule has 1 amide bonds. The van der Waals surface area contributed by atoms with Gasteiger partial charge in [0.15, 0.2) is 0 Å². The summed E-state index contributed by atoms with van der Waals surface area (Å²) in [6.45, 7) is 0. The fourth-order valence-electron chi connectivity index (χ4n) is 1.41. The largest absolute Gasteiger partial charge is 0.366 e. The lowest BCUT2D eigenvalue weighted by Gasteiger charge is -2.04. The summed E-state index contributed by atoms with van der Waals surface area (Å²) in [6, 6.07) is 5.25. The van der Waals surface area contributed by atoms with Crippen LogP contribution in [0.15, 0.2) is 18.2 Å². The van der Waals surface area contributed by atoms with Crippen molar-refractivity contribution in [2.45, 2.75) is 0 Å². The Labute approximate surface area is 111 Å². The number of nitrogens with zero attached hydrogens (tertiary/aromatic N) is 4. The number of nitrogens with two attached hydrogens (primary N) is 1. The number of hydrogen-bond acceptors (Lipinski definition) is 7. The van der Waals surface area contributed by atoms with E-state index < -0.39 is 10.8 Å². The molecule has 2 rings (SSSR count). The maximum Gasteiger partial charge on any atom is 0.293 e. The quantitative estimate of drug-likeness (QED) is 0.538. The highest BCUT2D eigenvalue weighted by Crippen LogP contribution is 2.21. The number of nitriles is 1. The van der Waals surface area contributed by atoms with E-state index in [-0.39, 0.29) is 28.7 Å². The summed E-state index contributed by atoms with van der Waals surface area (Å²) in [5, 5.41) is 27.7. The van der Waals surface area contributed by atoms with Gasteiger partial charge in [0.25, 0.3) is 11.6 Å². The van der Waals surface area contributed by atoms with Crippen molar-refractivity contribution in [1.29, 1.82) is 5.26 Å². The van der Waals surface area contributed by atoms with Gasteiger partial charge >= 0.3 is 0 Å². The van der Waals surface area contributed by atoms with Gasteiger partial charge in [0.1, 0.15) is 6.07 Å². The van der Waals surface area contributed by atoms with E-state index in [1.165, 1.54) is 12.1 Å². The summed E-state index contributed by atoms with van der Waals surface area (Å²) in [6.07, 6.45) is 0. The standard InChI is InChI=1S/C10H7N7O3/c11-4-5-3-6(17(19)20)1-2-7(5)13-9(18)8-14-10(12)16-15-8/h1-3H,(H,13,18)(H3,12,14,15,16). The molecule has 100 valence electrons. The number of hydrogen-bond donors (Lipinski definition) is 3. The molecule has 0 atom stereocenters. The molecule has 0 spiro atoms. The Hall–Kier alpha value is -3.48. The predicted octanol–water partition coefficient (Wildman–Crippen LogP) is 0.419. The van der Waals surface area contributed by atoms with Gasteiger partial charge in [-0.25, -0.2) is 0 Å². The zero-order valence-electron chi connectivity index (χ0n) is 9.82. The van der Waals surface area contributed by atoms with Crippen LogP contribution in [0.2, 0.25) is 0 Å². The van der Waals surface area contributed by atoms with Crippen LogP contribution in [0.25, 0.3) is 0 Å². The molecule has 0 unspecified atom stereocenters. The third kappa shape index (κ3) is 2.51. The molecule has 0 aliphatic carbocycles. The van der Waals surface area contributed by atoms with Gasteiger partial charge in [-0.15, -0.1) is 5.10 Å². The van der Waals surface area contributed by atoms with E-state index in [1.54, 1.807) is 6.07 Å². The monoisotopic (exact) mass is 273 g/mol. The van der Waals surface area contributed by atoms with Crippen LogP contribution in [-0.4, -0.2) is 26.0 Å². The molecule has 0 radical (unpaired) electrons. The van der Waals surface area contributed by atoms with Gasteiger partial charge in [0, 0.05) is 12.1 Å². The molecular formula is C10H7N7O3. The van der Waals surface area contributed by atoms with Crippen LogP contribution < -0.4 is 11.1 Å². The number of non-ortho nitro benzene ring substituents is 1. The number of aromatic nitrogens is 3. The van der Waals surface area contributed by atoms with Gasteiger partial charge in [0.2, 0.25) is 11.8 Å². The summed E-state index contributed by atoms with van der Waals surface area (Å²) >= 11 is 0. The van der Waals surface area contributed by atoms with Crippen molar-refractivity contribution in [2.75, 3.05) is 11.1 Å².